The van der Waals surface area contributed by atoms with E-state index in [-0.39, 0.29) is 5.91 Å². The maximum absolute atomic E-state index is 11.9. The molecular formula is C19H28N2O2. The van der Waals surface area contributed by atoms with Gasteiger partial charge in [0.1, 0.15) is 5.75 Å². The first-order valence-corrected chi connectivity index (χ1v) is 8.50. The third-order valence-electron chi connectivity index (χ3n) is 4.24. The Labute approximate surface area is 139 Å². The summed E-state index contributed by atoms with van der Waals surface area (Å²) in [6.45, 7) is 6.51. The van der Waals surface area contributed by atoms with Gasteiger partial charge in [-0.15, -0.1) is 0 Å². The minimum absolute atomic E-state index is 0.0529. The fourth-order valence-electron chi connectivity index (χ4n) is 3.03. The monoisotopic (exact) mass is 316 g/mol. The summed E-state index contributed by atoms with van der Waals surface area (Å²) in [6.07, 6.45) is 7.01. The van der Waals surface area contributed by atoms with Gasteiger partial charge in [-0.25, -0.2) is 0 Å². The molecule has 1 aliphatic rings. The minimum atomic E-state index is -0.0529. The van der Waals surface area contributed by atoms with Crippen LogP contribution >= 0.6 is 0 Å². The first-order chi connectivity index (χ1) is 11.2. The van der Waals surface area contributed by atoms with Crippen molar-refractivity contribution in [3.05, 3.63) is 35.9 Å². The topological polar surface area (TPSA) is 41.6 Å². The van der Waals surface area contributed by atoms with E-state index in [0.717, 1.165) is 36.7 Å². The Bertz CT molecular complexity index is 528. The second kappa shape index (κ2) is 9.36. The zero-order valence-corrected chi connectivity index (χ0v) is 14.3. The van der Waals surface area contributed by atoms with E-state index >= 15 is 0 Å². The molecule has 0 saturated carbocycles. The number of amides is 1. The van der Waals surface area contributed by atoms with Crippen molar-refractivity contribution < 1.29 is 9.53 Å². The lowest BCUT2D eigenvalue weighted by molar-refractivity contribution is -0.116. The highest BCUT2D eigenvalue weighted by Gasteiger charge is 2.15. The fourth-order valence-corrected chi connectivity index (χ4v) is 3.03. The maximum Gasteiger partial charge on any atom is 0.244 e. The van der Waals surface area contributed by atoms with Gasteiger partial charge in [0.2, 0.25) is 5.91 Å². The number of para-hydroxylation sites is 1. The van der Waals surface area contributed by atoms with Crippen LogP contribution in [0.15, 0.2) is 30.3 Å². The van der Waals surface area contributed by atoms with Gasteiger partial charge >= 0.3 is 0 Å². The maximum atomic E-state index is 11.9. The number of carbonyl (C=O) groups is 1. The highest BCUT2D eigenvalue weighted by molar-refractivity contribution is 5.92. The van der Waals surface area contributed by atoms with Crippen LogP contribution in [0.2, 0.25) is 0 Å². The second-order valence-electron chi connectivity index (χ2n) is 6.27. The summed E-state index contributed by atoms with van der Waals surface area (Å²) in [5.74, 6) is 1.53. The van der Waals surface area contributed by atoms with Gasteiger partial charge in [0, 0.05) is 24.7 Å². The van der Waals surface area contributed by atoms with Gasteiger partial charge in [0.25, 0.3) is 0 Å². The number of piperidine rings is 1. The molecule has 1 heterocycles. The molecule has 0 radical (unpaired) electrons. The predicted molar refractivity (Wildman–Crippen MR) is 94.5 cm³/mol. The lowest BCUT2D eigenvalue weighted by atomic mass is 10.0. The number of hydrogen-bond donors (Lipinski definition) is 1. The number of hydrogen-bond acceptors (Lipinski definition) is 3. The van der Waals surface area contributed by atoms with Gasteiger partial charge in [-0.3, -0.25) is 4.79 Å². The number of rotatable bonds is 7. The fraction of sp³-hybridized carbons (Fsp3) is 0.526. The number of nitrogens with zero attached hydrogens (tertiary/aromatic N) is 1. The van der Waals surface area contributed by atoms with Crippen LogP contribution in [0.1, 0.15) is 31.7 Å². The molecule has 1 fully saturated rings. The molecular weight excluding hydrogens is 288 g/mol. The van der Waals surface area contributed by atoms with Crippen molar-refractivity contribution >= 4 is 12.0 Å². The van der Waals surface area contributed by atoms with Gasteiger partial charge in [-0.1, -0.05) is 25.1 Å². The quantitative estimate of drug-likeness (QED) is 0.621. The summed E-state index contributed by atoms with van der Waals surface area (Å²) in [4.78, 5) is 14.4. The first kappa shape index (κ1) is 17.5. The molecule has 0 aliphatic carbocycles. The number of methoxy groups -OCH3 is 1. The van der Waals surface area contributed by atoms with E-state index in [0.29, 0.717) is 0 Å². The molecule has 1 unspecified atom stereocenters. The van der Waals surface area contributed by atoms with E-state index in [1.807, 2.05) is 24.3 Å². The van der Waals surface area contributed by atoms with E-state index in [1.54, 1.807) is 19.3 Å². The lowest BCUT2D eigenvalue weighted by Crippen LogP contribution is -2.36. The zero-order chi connectivity index (χ0) is 16.5. The molecule has 1 aromatic carbocycles. The zero-order valence-electron chi connectivity index (χ0n) is 14.3. The number of nitrogens with one attached hydrogen (secondary N) is 1. The van der Waals surface area contributed by atoms with Crippen molar-refractivity contribution in [1.29, 1.82) is 0 Å². The number of likely N-dealkylation sites (tertiary alicyclic amines) is 1. The summed E-state index contributed by atoms with van der Waals surface area (Å²) >= 11 is 0. The van der Waals surface area contributed by atoms with Crippen LogP contribution in [0, 0.1) is 5.92 Å². The molecule has 1 saturated heterocycles. The van der Waals surface area contributed by atoms with E-state index < -0.39 is 0 Å². The molecule has 4 heteroatoms. The molecule has 0 bridgehead atoms. The standard InChI is InChI=1S/C19H28N2O2/c1-16-7-5-13-21(15-16)14-6-12-20-19(22)11-10-17-8-3-4-9-18(17)23-2/h3-4,8-11,16H,5-7,12-15H2,1-2H3,(H,20,22). The molecule has 1 aliphatic heterocycles. The molecule has 0 aromatic heterocycles. The minimum Gasteiger partial charge on any atom is -0.496 e. The Balaban J connectivity index is 1.67. The van der Waals surface area contributed by atoms with Crippen LogP contribution in [0.25, 0.3) is 6.08 Å². The van der Waals surface area contributed by atoms with E-state index in [1.165, 1.54) is 25.9 Å². The molecule has 1 aromatic rings. The molecule has 1 atom stereocenters. The Kier molecular flexibility index (Phi) is 7.14. The van der Waals surface area contributed by atoms with Crippen molar-refractivity contribution in [2.24, 2.45) is 5.92 Å². The van der Waals surface area contributed by atoms with Gasteiger partial charge in [0.05, 0.1) is 7.11 Å². The Morgan fingerprint density at radius 3 is 3.04 bits per heavy atom. The van der Waals surface area contributed by atoms with Crippen LogP contribution in [0.4, 0.5) is 0 Å². The highest BCUT2D eigenvalue weighted by atomic mass is 16.5. The van der Waals surface area contributed by atoms with Gasteiger partial charge in [-0.05, 0) is 50.4 Å². The van der Waals surface area contributed by atoms with Crippen molar-refractivity contribution in [1.82, 2.24) is 10.2 Å². The first-order valence-electron chi connectivity index (χ1n) is 8.50. The third kappa shape index (κ3) is 6.06. The van der Waals surface area contributed by atoms with Crippen LogP contribution in [-0.2, 0) is 4.79 Å². The van der Waals surface area contributed by atoms with E-state index in [2.05, 4.69) is 17.1 Å². The van der Waals surface area contributed by atoms with Gasteiger partial charge < -0.3 is 15.0 Å². The average molecular weight is 316 g/mol. The van der Waals surface area contributed by atoms with Crippen LogP contribution in [-0.4, -0.2) is 44.1 Å². The van der Waals surface area contributed by atoms with E-state index in [4.69, 9.17) is 4.74 Å². The van der Waals surface area contributed by atoms with Crippen LogP contribution in [0.5, 0.6) is 5.75 Å². The largest absolute Gasteiger partial charge is 0.496 e. The summed E-state index contributed by atoms with van der Waals surface area (Å²) in [6, 6.07) is 7.66. The molecule has 4 nitrogen and oxygen atoms in total. The van der Waals surface area contributed by atoms with Crippen LogP contribution in [0.3, 0.4) is 0 Å². The van der Waals surface area contributed by atoms with Crippen LogP contribution < -0.4 is 10.1 Å². The number of benzene rings is 1. The predicted octanol–water partition coefficient (Wildman–Crippen LogP) is 2.95. The Morgan fingerprint density at radius 1 is 1.43 bits per heavy atom. The van der Waals surface area contributed by atoms with Crippen molar-refractivity contribution in [2.75, 3.05) is 33.3 Å². The molecule has 1 N–H and O–H groups in total. The Hall–Kier alpha value is -1.81. The van der Waals surface area contributed by atoms with Crippen molar-refractivity contribution in [3.8, 4) is 5.75 Å². The number of carbonyl (C=O) groups excluding carboxylic acids is 1. The summed E-state index contributed by atoms with van der Waals surface area (Å²) in [5.41, 5.74) is 0.910. The molecule has 0 spiro atoms. The second-order valence-corrected chi connectivity index (χ2v) is 6.27. The molecule has 23 heavy (non-hydrogen) atoms. The summed E-state index contributed by atoms with van der Waals surface area (Å²) < 4.78 is 5.26. The SMILES string of the molecule is COc1ccccc1C=CC(=O)NCCCN1CCCC(C)C1. The number of ether oxygens (including phenoxy) is 1. The van der Waals surface area contributed by atoms with Crippen molar-refractivity contribution in [2.45, 2.75) is 26.2 Å². The summed E-state index contributed by atoms with van der Waals surface area (Å²) in [5, 5.41) is 2.95. The lowest BCUT2D eigenvalue weighted by Gasteiger charge is -2.30. The smallest absolute Gasteiger partial charge is 0.244 e. The highest BCUT2D eigenvalue weighted by Crippen LogP contribution is 2.18. The summed E-state index contributed by atoms with van der Waals surface area (Å²) in [7, 11) is 1.63. The van der Waals surface area contributed by atoms with E-state index in [9.17, 15) is 4.79 Å². The van der Waals surface area contributed by atoms with Gasteiger partial charge in [0.15, 0.2) is 0 Å². The average Bonchev–Trinajstić information content (AvgIpc) is 2.57. The third-order valence-corrected chi connectivity index (χ3v) is 4.24. The molecule has 126 valence electrons. The molecule has 2 rings (SSSR count). The normalized spacial score (nSPS) is 19.0. The van der Waals surface area contributed by atoms with Gasteiger partial charge in [-0.2, -0.15) is 0 Å². The van der Waals surface area contributed by atoms with Crippen molar-refractivity contribution in [3.63, 3.8) is 0 Å². The Morgan fingerprint density at radius 2 is 2.26 bits per heavy atom. The molecule has 1 amide bonds.